The minimum absolute atomic E-state index is 0.202. The molecule has 3 rings (SSSR count). The maximum atomic E-state index is 13.0. The van der Waals surface area contributed by atoms with E-state index in [4.69, 9.17) is 0 Å². The Hall–Kier alpha value is -1.62. The van der Waals surface area contributed by atoms with Gasteiger partial charge in [0.25, 0.3) is 0 Å². The van der Waals surface area contributed by atoms with Crippen LogP contribution in [0.1, 0.15) is 74.2 Å². The zero-order valence-corrected chi connectivity index (χ0v) is 17.7. The van der Waals surface area contributed by atoms with E-state index in [1.54, 1.807) is 0 Å². The standard InChI is InChI=1S/C22H35N3O2/c1-16-14-19(17(2)25(16)18-8-6-7-9-18)20(26)15-23-10-12-24(13-11-23)21(27)22(3,4)5/h14,18H,6-13,15H2,1-5H3. The minimum Gasteiger partial charge on any atom is -0.345 e. The zero-order chi connectivity index (χ0) is 19.8. The third-order valence-electron chi connectivity index (χ3n) is 6.14. The highest BCUT2D eigenvalue weighted by Crippen LogP contribution is 2.33. The molecule has 0 spiro atoms. The maximum absolute atomic E-state index is 13.0. The lowest BCUT2D eigenvalue weighted by Gasteiger charge is -2.37. The van der Waals surface area contributed by atoms with Crippen molar-refractivity contribution >= 4 is 11.7 Å². The van der Waals surface area contributed by atoms with Crippen LogP contribution in [0.4, 0.5) is 0 Å². The van der Waals surface area contributed by atoms with Gasteiger partial charge in [0, 0.05) is 54.6 Å². The summed E-state index contributed by atoms with van der Waals surface area (Å²) < 4.78 is 2.39. The molecule has 0 bridgehead atoms. The topological polar surface area (TPSA) is 45.6 Å². The lowest BCUT2D eigenvalue weighted by molar-refractivity contribution is -0.141. The summed E-state index contributed by atoms with van der Waals surface area (Å²) in [6, 6.07) is 2.65. The number of rotatable bonds is 4. The molecule has 0 unspecified atom stereocenters. The molecule has 2 aliphatic rings. The minimum atomic E-state index is -0.338. The molecule has 1 saturated carbocycles. The van der Waals surface area contributed by atoms with E-state index in [1.165, 1.54) is 31.4 Å². The molecule has 0 radical (unpaired) electrons. The quantitative estimate of drug-likeness (QED) is 0.758. The SMILES string of the molecule is Cc1cc(C(=O)CN2CCN(C(=O)C(C)(C)C)CC2)c(C)n1C1CCCC1. The van der Waals surface area contributed by atoms with Gasteiger partial charge in [0.05, 0.1) is 6.54 Å². The predicted octanol–water partition coefficient (Wildman–Crippen LogP) is 3.59. The third-order valence-corrected chi connectivity index (χ3v) is 6.14. The highest BCUT2D eigenvalue weighted by Gasteiger charge is 2.30. The lowest BCUT2D eigenvalue weighted by atomic mass is 9.94. The van der Waals surface area contributed by atoms with Gasteiger partial charge in [-0.2, -0.15) is 0 Å². The highest BCUT2D eigenvalue weighted by molar-refractivity contribution is 5.99. The second-order valence-electron chi connectivity index (χ2n) is 9.33. The van der Waals surface area contributed by atoms with Crippen LogP contribution in [0.25, 0.3) is 0 Å². The van der Waals surface area contributed by atoms with E-state index < -0.39 is 0 Å². The van der Waals surface area contributed by atoms with Gasteiger partial charge in [-0.3, -0.25) is 14.5 Å². The maximum Gasteiger partial charge on any atom is 0.228 e. The van der Waals surface area contributed by atoms with Crippen LogP contribution in [0.15, 0.2) is 6.07 Å². The van der Waals surface area contributed by atoms with Crippen molar-refractivity contribution in [2.45, 2.75) is 66.3 Å². The molecular weight excluding hydrogens is 338 g/mol. The number of aromatic nitrogens is 1. The van der Waals surface area contributed by atoms with Gasteiger partial charge >= 0.3 is 0 Å². The van der Waals surface area contributed by atoms with Crippen molar-refractivity contribution in [3.63, 3.8) is 0 Å². The number of hydrogen-bond acceptors (Lipinski definition) is 3. The highest BCUT2D eigenvalue weighted by atomic mass is 16.2. The van der Waals surface area contributed by atoms with Gasteiger partial charge in [0.2, 0.25) is 5.91 Å². The Labute approximate surface area is 163 Å². The molecule has 1 aromatic rings. The van der Waals surface area contributed by atoms with E-state index in [0.717, 1.165) is 24.3 Å². The number of carbonyl (C=O) groups excluding carboxylic acids is 2. The summed E-state index contributed by atoms with van der Waals surface area (Å²) in [6.07, 6.45) is 5.05. The van der Waals surface area contributed by atoms with Gasteiger partial charge < -0.3 is 9.47 Å². The fraction of sp³-hybridized carbons (Fsp3) is 0.727. The largest absolute Gasteiger partial charge is 0.345 e. The molecule has 1 aliphatic carbocycles. The molecule has 5 heteroatoms. The molecule has 27 heavy (non-hydrogen) atoms. The van der Waals surface area contributed by atoms with Gasteiger partial charge in [-0.05, 0) is 32.8 Å². The van der Waals surface area contributed by atoms with Gasteiger partial charge in [0.15, 0.2) is 5.78 Å². The number of aryl methyl sites for hydroxylation is 1. The normalized spacial score (nSPS) is 19.7. The predicted molar refractivity (Wildman–Crippen MR) is 108 cm³/mol. The van der Waals surface area contributed by atoms with Crippen LogP contribution >= 0.6 is 0 Å². The van der Waals surface area contributed by atoms with Crippen LogP contribution in [0.3, 0.4) is 0 Å². The summed E-state index contributed by atoms with van der Waals surface area (Å²) in [6.45, 7) is 13.5. The van der Waals surface area contributed by atoms with Crippen molar-refractivity contribution in [3.8, 4) is 0 Å². The number of ketones is 1. The number of hydrogen-bond donors (Lipinski definition) is 0. The first-order chi connectivity index (χ1) is 12.7. The summed E-state index contributed by atoms with van der Waals surface area (Å²) in [5, 5.41) is 0. The first-order valence-electron chi connectivity index (χ1n) is 10.4. The van der Waals surface area contributed by atoms with Crippen LogP contribution in [0.2, 0.25) is 0 Å². The molecule has 0 aromatic carbocycles. The molecule has 1 aromatic heterocycles. The molecule has 150 valence electrons. The van der Waals surface area contributed by atoms with Gasteiger partial charge in [0.1, 0.15) is 0 Å². The molecule has 1 amide bonds. The number of carbonyl (C=O) groups is 2. The Morgan fingerprint density at radius 1 is 1.04 bits per heavy atom. The average molecular weight is 374 g/mol. The smallest absolute Gasteiger partial charge is 0.228 e. The van der Waals surface area contributed by atoms with Crippen LogP contribution in [-0.2, 0) is 4.79 Å². The fourth-order valence-electron chi connectivity index (χ4n) is 4.66. The Bertz CT molecular complexity index is 700. The van der Waals surface area contributed by atoms with Crippen molar-refractivity contribution in [1.29, 1.82) is 0 Å². The molecule has 0 N–H and O–H groups in total. The third kappa shape index (κ3) is 4.29. The Balaban J connectivity index is 1.60. The molecule has 2 heterocycles. The Morgan fingerprint density at radius 3 is 2.19 bits per heavy atom. The molecule has 5 nitrogen and oxygen atoms in total. The van der Waals surface area contributed by atoms with Crippen LogP contribution in [0, 0.1) is 19.3 Å². The zero-order valence-electron chi connectivity index (χ0n) is 17.7. The van der Waals surface area contributed by atoms with Crippen molar-refractivity contribution in [3.05, 3.63) is 23.0 Å². The van der Waals surface area contributed by atoms with Gasteiger partial charge in [-0.15, -0.1) is 0 Å². The lowest BCUT2D eigenvalue weighted by Crippen LogP contribution is -2.52. The van der Waals surface area contributed by atoms with Crippen LogP contribution in [-0.4, -0.2) is 58.8 Å². The molecule has 1 saturated heterocycles. The molecular formula is C22H35N3O2. The van der Waals surface area contributed by atoms with Crippen molar-refractivity contribution in [2.75, 3.05) is 32.7 Å². The fourth-order valence-corrected chi connectivity index (χ4v) is 4.66. The van der Waals surface area contributed by atoms with E-state index in [0.29, 0.717) is 25.7 Å². The second-order valence-corrected chi connectivity index (χ2v) is 9.33. The number of amides is 1. The summed E-state index contributed by atoms with van der Waals surface area (Å²) in [4.78, 5) is 29.5. The summed E-state index contributed by atoms with van der Waals surface area (Å²) in [7, 11) is 0. The van der Waals surface area contributed by atoms with Crippen LogP contribution in [0.5, 0.6) is 0 Å². The summed E-state index contributed by atoms with van der Waals surface area (Å²) in [5.41, 5.74) is 2.89. The Kier molecular flexibility index (Phi) is 5.80. The van der Waals surface area contributed by atoms with Crippen molar-refractivity contribution < 1.29 is 9.59 Å². The first kappa shape index (κ1) is 20.1. The van der Waals surface area contributed by atoms with E-state index in [-0.39, 0.29) is 17.1 Å². The molecule has 2 fully saturated rings. The van der Waals surface area contributed by atoms with E-state index >= 15 is 0 Å². The number of Topliss-reactive ketones (excluding diaryl/α,β-unsaturated/α-hetero) is 1. The number of nitrogens with zero attached hydrogens (tertiary/aromatic N) is 3. The molecule has 1 aliphatic heterocycles. The van der Waals surface area contributed by atoms with E-state index in [1.807, 2.05) is 25.7 Å². The van der Waals surface area contributed by atoms with Gasteiger partial charge in [-0.25, -0.2) is 0 Å². The Morgan fingerprint density at radius 2 is 1.63 bits per heavy atom. The van der Waals surface area contributed by atoms with E-state index in [2.05, 4.69) is 29.4 Å². The summed E-state index contributed by atoms with van der Waals surface area (Å²) >= 11 is 0. The number of piperazine rings is 1. The average Bonchev–Trinajstić information content (AvgIpc) is 3.22. The first-order valence-corrected chi connectivity index (χ1v) is 10.4. The monoisotopic (exact) mass is 373 g/mol. The summed E-state index contributed by atoms with van der Waals surface area (Å²) in [5.74, 6) is 0.413. The molecule has 0 atom stereocenters. The van der Waals surface area contributed by atoms with Gasteiger partial charge in [-0.1, -0.05) is 33.6 Å². The van der Waals surface area contributed by atoms with Crippen molar-refractivity contribution in [2.24, 2.45) is 5.41 Å². The second kappa shape index (κ2) is 7.78. The van der Waals surface area contributed by atoms with Crippen molar-refractivity contribution in [1.82, 2.24) is 14.4 Å². The van der Waals surface area contributed by atoms with E-state index in [9.17, 15) is 9.59 Å². The van der Waals surface area contributed by atoms with Crippen LogP contribution < -0.4 is 0 Å².